The fraction of sp³-hybridized carbons (Fsp3) is 0.412. The SMILES string of the molecule is Cc1cc(C(=O)N(CCN(C)C)Cc2cccc(C(F)(F)F)c2)no1. The molecule has 1 heterocycles. The van der Waals surface area contributed by atoms with Gasteiger partial charge in [0.15, 0.2) is 5.69 Å². The molecule has 0 N–H and O–H groups in total. The highest BCUT2D eigenvalue weighted by atomic mass is 19.4. The molecular formula is C17H20F3N3O2. The van der Waals surface area contributed by atoms with Crippen molar-refractivity contribution in [2.24, 2.45) is 0 Å². The molecule has 0 aliphatic rings. The summed E-state index contributed by atoms with van der Waals surface area (Å²) in [6.07, 6.45) is -4.42. The van der Waals surface area contributed by atoms with Gasteiger partial charge in [-0.2, -0.15) is 13.2 Å². The normalized spacial score (nSPS) is 11.8. The van der Waals surface area contributed by atoms with Crippen molar-refractivity contribution in [3.8, 4) is 0 Å². The van der Waals surface area contributed by atoms with Crippen LogP contribution in [-0.2, 0) is 12.7 Å². The number of halogens is 3. The van der Waals surface area contributed by atoms with E-state index in [1.165, 1.54) is 17.0 Å². The van der Waals surface area contributed by atoms with Crippen molar-refractivity contribution >= 4 is 5.91 Å². The number of aromatic nitrogens is 1. The summed E-state index contributed by atoms with van der Waals surface area (Å²) in [4.78, 5) is 16.0. The highest BCUT2D eigenvalue weighted by Crippen LogP contribution is 2.29. The molecule has 1 aromatic heterocycles. The van der Waals surface area contributed by atoms with E-state index in [1.54, 1.807) is 13.0 Å². The first-order chi connectivity index (χ1) is 11.7. The van der Waals surface area contributed by atoms with E-state index in [0.29, 0.717) is 24.4 Å². The Morgan fingerprint density at radius 3 is 2.48 bits per heavy atom. The highest BCUT2D eigenvalue weighted by molar-refractivity contribution is 5.92. The zero-order valence-electron chi connectivity index (χ0n) is 14.3. The van der Waals surface area contributed by atoms with Crippen molar-refractivity contribution in [3.05, 3.63) is 52.9 Å². The molecule has 8 heteroatoms. The van der Waals surface area contributed by atoms with Crippen molar-refractivity contribution in [3.63, 3.8) is 0 Å². The van der Waals surface area contributed by atoms with E-state index in [2.05, 4.69) is 5.16 Å². The third-order valence-electron chi connectivity index (χ3n) is 3.58. The first-order valence-corrected chi connectivity index (χ1v) is 7.70. The summed E-state index contributed by atoms with van der Waals surface area (Å²) in [6.45, 7) is 2.65. The number of hydrogen-bond donors (Lipinski definition) is 0. The number of aryl methyl sites for hydroxylation is 1. The van der Waals surface area contributed by atoms with Crippen molar-refractivity contribution in [1.82, 2.24) is 15.0 Å². The van der Waals surface area contributed by atoms with Crippen LogP contribution in [0.1, 0.15) is 27.4 Å². The average Bonchev–Trinajstić information content (AvgIpc) is 2.96. The van der Waals surface area contributed by atoms with Crippen LogP contribution in [0.25, 0.3) is 0 Å². The minimum atomic E-state index is -4.42. The van der Waals surface area contributed by atoms with Crippen LogP contribution < -0.4 is 0 Å². The Morgan fingerprint density at radius 2 is 1.92 bits per heavy atom. The Kier molecular flexibility index (Phi) is 5.84. The molecule has 0 fully saturated rings. The molecule has 0 saturated carbocycles. The van der Waals surface area contributed by atoms with Crippen LogP contribution in [-0.4, -0.2) is 48.0 Å². The van der Waals surface area contributed by atoms with Crippen LogP contribution in [0.3, 0.4) is 0 Å². The van der Waals surface area contributed by atoms with E-state index in [4.69, 9.17) is 4.52 Å². The van der Waals surface area contributed by atoms with E-state index in [0.717, 1.165) is 12.1 Å². The second-order valence-corrected chi connectivity index (χ2v) is 6.05. The van der Waals surface area contributed by atoms with Gasteiger partial charge in [-0.15, -0.1) is 0 Å². The fourth-order valence-corrected chi connectivity index (χ4v) is 2.27. The number of amides is 1. The second-order valence-electron chi connectivity index (χ2n) is 6.05. The van der Waals surface area contributed by atoms with Crippen LogP contribution in [0.15, 0.2) is 34.9 Å². The molecule has 1 aromatic carbocycles. The third-order valence-corrected chi connectivity index (χ3v) is 3.58. The van der Waals surface area contributed by atoms with E-state index < -0.39 is 11.7 Å². The van der Waals surface area contributed by atoms with Gasteiger partial charge < -0.3 is 14.3 Å². The first-order valence-electron chi connectivity index (χ1n) is 7.70. The number of carbonyl (C=O) groups is 1. The number of likely N-dealkylation sites (N-methyl/N-ethyl adjacent to an activating group) is 1. The lowest BCUT2D eigenvalue weighted by Gasteiger charge is -2.24. The lowest BCUT2D eigenvalue weighted by molar-refractivity contribution is -0.137. The molecule has 0 aliphatic heterocycles. The molecule has 0 saturated heterocycles. The van der Waals surface area contributed by atoms with E-state index in [9.17, 15) is 18.0 Å². The number of hydrogen-bond acceptors (Lipinski definition) is 4. The molecule has 0 atom stereocenters. The van der Waals surface area contributed by atoms with Gasteiger partial charge in [-0.3, -0.25) is 4.79 Å². The standard InChI is InChI=1S/C17H20F3N3O2/c1-12-9-15(21-25-12)16(24)23(8-7-22(2)3)11-13-5-4-6-14(10-13)17(18,19)20/h4-6,9-10H,7-8,11H2,1-3H3. The number of rotatable bonds is 6. The largest absolute Gasteiger partial charge is 0.416 e. The summed E-state index contributed by atoms with van der Waals surface area (Å²) in [6, 6.07) is 6.49. The molecule has 136 valence electrons. The average molecular weight is 355 g/mol. The molecule has 5 nitrogen and oxygen atoms in total. The third kappa shape index (κ3) is 5.32. The second kappa shape index (κ2) is 7.69. The topological polar surface area (TPSA) is 49.6 Å². The predicted molar refractivity (Wildman–Crippen MR) is 86.0 cm³/mol. The summed E-state index contributed by atoms with van der Waals surface area (Å²) in [5.74, 6) is 0.117. The van der Waals surface area contributed by atoms with Crippen LogP contribution in [0.5, 0.6) is 0 Å². The summed E-state index contributed by atoms with van der Waals surface area (Å²) in [5.41, 5.74) is -0.187. The molecular weight excluding hydrogens is 335 g/mol. The van der Waals surface area contributed by atoms with E-state index >= 15 is 0 Å². The Balaban J connectivity index is 2.22. The molecule has 2 rings (SSSR count). The quantitative estimate of drug-likeness (QED) is 0.798. The van der Waals surface area contributed by atoms with Crippen molar-refractivity contribution in [2.45, 2.75) is 19.6 Å². The molecule has 0 bridgehead atoms. The predicted octanol–water partition coefficient (Wildman–Crippen LogP) is 3.21. The van der Waals surface area contributed by atoms with Crippen molar-refractivity contribution < 1.29 is 22.5 Å². The first kappa shape index (κ1) is 19.0. The maximum Gasteiger partial charge on any atom is 0.416 e. The number of benzene rings is 1. The lowest BCUT2D eigenvalue weighted by Crippen LogP contribution is -2.36. The van der Waals surface area contributed by atoms with Gasteiger partial charge in [0.25, 0.3) is 5.91 Å². The summed E-state index contributed by atoms with van der Waals surface area (Å²) >= 11 is 0. The number of alkyl halides is 3. The Hall–Kier alpha value is -2.35. The van der Waals surface area contributed by atoms with Crippen LogP contribution in [0.2, 0.25) is 0 Å². The van der Waals surface area contributed by atoms with Gasteiger partial charge in [-0.1, -0.05) is 17.3 Å². The number of carbonyl (C=O) groups excluding carboxylic acids is 1. The maximum absolute atomic E-state index is 12.9. The van der Waals surface area contributed by atoms with Gasteiger partial charge in [0.1, 0.15) is 5.76 Å². The molecule has 1 amide bonds. The van der Waals surface area contributed by atoms with Gasteiger partial charge in [-0.25, -0.2) is 0 Å². The zero-order valence-corrected chi connectivity index (χ0v) is 14.3. The van der Waals surface area contributed by atoms with Crippen molar-refractivity contribution in [1.29, 1.82) is 0 Å². The van der Waals surface area contributed by atoms with Crippen molar-refractivity contribution in [2.75, 3.05) is 27.2 Å². The molecule has 0 radical (unpaired) electrons. The lowest BCUT2D eigenvalue weighted by atomic mass is 10.1. The van der Waals surface area contributed by atoms with E-state index in [1.807, 2.05) is 19.0 Å². The fourth-order valence-electron chi connectivity index (χ4n) is 2.27. The van der Waals surface area contributed by atoms with Gasteiger partial charge in [0.2, 0.25) is 0 Å². The number of nitrogens with zero attached hydrogens (tertiary/aromatic N) is 3. The zero-order chi connectivity index (χ0) is 18.6. The Morgan fingerprint density at radius 1 is 1.20 bits per heavy atom. The van der Waals surface area contributed by atoms with Crippen LogP contribution >= 0.6 is 0 Å². The smallest absolute Gasteiger partial charge is 0.361 e. The van der Waals surface area contributed by atoms with Crippen LogP contribution in [0.4, 0.5) is 13.2 Å². The molecule has 2 aromatic rings. The molecule has 0 unspecified atom stereocenters. The summed E-state index contributed by atoms with van der Waals surface area (Å²) in [5, 5.41) is 3.70. The van der Waals surface area contributed by atoms with Gasteiger partial charge in [-0.05, 0) is 38.7 Å². The molecule has 25 heavy (non-hydrogen) atoms. The maximum atomic E-state index is 12.9. The Labute approximate surface area is 144 Å². The van der Waals surface area contributed by atoms with Gasteiger partial charge in [0, 0.05) is 25.7 Å². The van der Waals surface area contributed by atoms with E-state index in [-0.39, 0.29) is 18.1 Å². The minimum absolute atomic E-state index is 0.0580. The van der Waals surface area contributed by atoms with Crippen LogP contribution in [0, 0.1) is 6.92 Å². The molecule has 0 spiro atoms. The molecule has 0 aliphatic carbocycles. The summed E-state index contributed by atoms with van der Waals surface area (Å²) in [7, 11) is 3.71. The summed E-state index contributed by atoms with van der Waals surface area (Å²) < 4.78 is 43.5. The van der Waals surface area contributed by atoms with Gasteiger partial charge >= 0.3 is 6.18 Å². The minimum Gasteiger partial charge on any atom is -0.361 e. The monoisotopic (exact) mass is 355 g/mol. The van der Waals surface area contributed by atoms with Gasteiger partial charge in [0.05, 0.1) is 5.56 Å². The highest BCUT2D eigenvalue weighted by Gasteiger charge is 2.30. The Bertz CT molecular complexity index is 726.